The quantitative estimate of drug-likeness (QED) is 0.785. The Morgan fingerprint density at radius 3 is 3.00 bits per heavy atom. The van der Waals surface area contributed by atoms with Crippen molar-refractivity contribution in [2.45, 2.75) is 18.9 Å². The molecule has 0 spiro atoms. The number of phenols is 1. The van der Waals surface area contributed by atoms with E-state index in [0.717, 1.165) is 25.1 Å². The molecule has 0 bridgehead atoms. The monoisotopic (exact) mass is 220 g/mol. The highest BCUT2D eigenvalue weighted by atomic mass is 16.3. The minimum atomic E-state index is -0.0765. The molecule has 1 heterocycles. The predicted octanol–water partition coefficient (Wildman–Crippen LogP) is 1.11. The van der Waals surface area contributed by atoms with Crippen molar-refractivity contribution in [3.05, 3.63) is 24.3 Å². The molecule has 4 nitrogen and oxygen atoms in total. The fourth-order valence-electron chi connectivity index (χ4n) is 1.96. The summed E-state index contributed by atoms with van der Waals surface area (Å²) in [6.45, 7) is 0.907. The van der Waals surface area contributed by atoms with Crippen LogP contribution < -0.4 is 10.2 Å². The summed E-state index contributed by atoms with van der Waals surface area (Å²) >= 11 is 0. The molecular formula is C12H16N2O2. The summed E-state index contributed by atoms with van der Waals surface area (Å²) < 4.78 is 0. The highest BCUT2D eigenvalue weighted by Gasteiger charge is 2.25. The molecule has 86 valence electrons. The van der Waals surface area contributed by atoms with E-state index in [-0.39, 0.29) is 17.7 Å². The van der Waals surface area contributed by atoms with Crippen LogP contribution in [-0.4, -0.2) is 30.6 Å². The van der Waals surface area contributed by atoms with E-state index < -0.39 is 0 Å². The van der Waals surface area contributed by atoms with E-state index in [2.05, 4.69) is 5.32 Å². The second-order valence-electron chi connectivity index (χ2n) is 4.07. The number of anilines is 1. The maximum atomic E-state index is 12.0. The number of amides is 1. The molecule has 0 radical (unpaired) electrons. The summed E-state index contributed by atoms with van der Waals surface area (Å²) in [4.78, 5) is 13.6. The summed E-state index contributed by atoms with van der Waals surface area (Å²) in [6, 6.07) is 6.65. The Morgan fingerprint density at radius 1 is 1.56 bits per heavy atom. The lowest BCUT2D eigenvalue weighted by atomic mass is 10.2. The van der Waals surface area contributed by atoms with Gasteiger partial charge in [0.05, 0.1) is 6.04 Å². The second-order valence-corrected chi connectivity index (χ2v) is 4.07. The smallest absolute Gasteiger partial charge is 0.243 e. The Morgan fingerprint density at radius 2 is 2.38 bits per heavy atom. The molecule has 2 rings (SSSR count). The van der Waals surface area contributed by atoms with Crippen LogP contribution in [0.5, 0.6) is 5.75 Å². The molecule has 0 saturated carbocycles. The molecule has 1 saturated heterocycles. The van der Waals surface area contributed by atoms with Gasteiger partial charge >= 0.3 is 0 Å². The zero-order valence-corrected chi connectivity index (χ0v) is 9.31. The SMILES string of the molecule is CN(C(=O)[C@@H]1CCCN1)c1cccc(O)c1. The van der Waals surface area contributed by atoms with E-state index in [0.29, 0.717) is 0 Å². The van der Waals surface area contributed by atoms with Gasteiger partial charge in [0.15, 0.2) is 0 Å². The number of likely N-dealkylation sites (N-methyl/N-ethyl adjacent to an activating group) is 1. The fourth-order valence-corrected chi connectivity index (χ4v) is 1.96. The number of carbonyl (C=O) groups excluding carboxylic acids is 1. The molecular weight excluding hydrogens is 204 g/mol. The van der Waals surface area contributed by atoms with Crippen LogP contribution in [0.2, 0.25) is 0 Å². The zero-order valence-electron chi connectivity index (χ0n) is 9.31. The number of hydrogen-bond donors (Lipinski definition) is 2. The maximum absolute atomic E-state index is 12.0. The Bertz CT molecular complexity index is 386. The van der Waals surface area contributed by atoms with Crippen molar-refractivity contribution in [1.29, 1.82) is 0 Å². The molecule has 1 aromatic rings. The highest BCUT2D eigenvalue weighted by Crippen LogP contribution is 2.20. The lowest BCUT2D eigenvalue weighted by molar-refractivity contribution is -0.119. The number of aromatic hydroxyl groups is 1. The lowest BCUT2D eigenvalue weighted by Gasteiger charge is -2.21. The first kappa shape index (κ1) is 11.0. The third kappa shape index (κ3) is 2.17. The lowest BCUT2D eigenvalue weighted by Crippen LogP contribution is -2.41. The molecule has 1 amide bonds. The second kappa shape index (κ2) is 4.53. The van der Waals surface area contributed by atoms with Gasteiger partial charge in [-0.2, -0.15) is 0 Å². The van der Waals surface area contributed by atoms with Crippen LogP contribution >= 0.6 is 0 Å². The van der Waals surface area contributed by atoms with Crippen molar-refractivity contribution in [1.82, 2.24) is 5.32 Å². The van der Waals surface area contributed by atoms with Crippen LogP contribution in [0, 0.1) is 0 Å². The van der Waals surface area contributed by atoms with Crippen molar-refractivity contribution in [2.75, 3.05) is 18.5 Å². The maximum Gasteiger partial charge on any atom is 0.243 e. The summed E-state index contributed by atoms with van der Waals surface area (Å²) in [5.41, 5.74) is 0.721. The Labute approximate surface area is 94.9 Å². The van der Waals surface area contributed by atoms with Crippen molar-refractivity contribution < 1.29 is 9.90 Å². The molecule has 1 atom stereocenters. The van der Waals surface area contributed by atoms with E-state index in [1.54, 1.807) is 30.1 Å². The number of hydrogen-bond acceptors (Lipinski definition) is 3. The predicted molar refractivity (Wildman–Crippen MR) is 62.5 cm³/mol. The summed E-state index contributed by atoms with van der Waals surface area (Å²) in [5, 5.41) is 12.5. The molecule has 16 heavy (non-hydrogen) atoms. The van der Waals surface area contributed by atoms with Crippen molar-refractivity contribution in [2.24, 2.45) is 0 Å². The van der Waals surface area contributed by atoms with Crippen LogP contribution in [0.15, 0.2) is 24.3 Å². The number of phenolic OH excluding ortho intramolecular Hbond substituents is 1. The van der Waals surface area contributed by atoms with E-state index in [1.165, 1.54) is 0 Å². The van der Waals surface area contributed by atoms with Gasteiger partial charge in [-0.25, -0.2) is 0 Å². The van der Waals surface area contributed by atoms with Crippen LogP contribution in [0.1, 0.15) is 12.8 Å². The van der Waals surface area contributed by atoms with E-state index in [4.69, 9.17) is 0 Å². The number of nitrogens with one attached hydrogen (secondary N) is 1. The number of benzene rings is 1. The average Bonchev–Trinajstić information content (AvgIpc) is 2.80. The zero-order chi connectivity index (χ0) is 11.5. The first-order valence-electron chi connectivity index (χ1n) is 5.48. The number of rotatable bonds is 2. The van der Waals surface area contributed by atoms with Gasteiger partial charge in [-0.15, -0.1) is 0 Å². The van der Waals surface area contributed by atoms with E-state index >= 15 is 0 Å². The first-order valence-corrected chi connectivity index (χ1v) is 5.48. The van der Waals surface area contributed by atoms with Crippen molar-refractivity contribution in [3.8, 4) is 5.75 Å². The number of carbonyl (C=O) groups is 1. The Balaban J connectivity index is 2.11. The number of nitrogens with zero attached hydrogens (tertiary/aromatic N) is 1. The molecule has 1 aromatic carbocycles. The first-order chi connectivity index (χ1) is 7.68. The minimum Gasteiger partial charge on any atom is -0.508 e. The standard InChI is InChI=1S/C12H16N2O2/c1-14(9-4-2-5-10(15)8-9)12(16)11-6-3-7-13-11/h2,4-5,8,11,13,15H,3,6-7H2,1H3/t11-/m0/s1. The molecule has 1 fully saturated rings. The van der Waals surface area contributed by atoms with E-state index in [1.807, 2.05) is 6.07 Å². The summed E-state index contributed by atoms with van der Waals surface area (Å²) in [7, 11) is 1.73. The van der Waals surface area contributed by atoms with E-state index in [9.17, 15) is 9.90 Å². The third-order valence-corrected chi connectivity index (χ3v) is 2.91. The van der Waals surface area contributed by atoms with Gasteiger partial charge in [0.1, 0.15) is 5.75 Å². The van der Waals surface area contributed by atoms with Gasteiger partial charge in [0.2, 0.25) is 5.91 Å². The van der Waals surface area contributed by atoms with Gasteiger partial charge < -0.3 is 15.3 Å². The molecule has 0 unspecified atom stereocenters. The van der Waals surface area contributed by atoms with Gasteiger partial charge in [-0.1, -0.05) is 6.07 Å². The molecule has 4 heteroatoms. The molecule has 2 N–H and O–H groups in total. The molecule has 0 aliphatic carbocycles. The topological polar surface area (TPSA) is 52.6 Å². The highest BCUT2D eigenvalue weighted by molar-refractivity contribution is 5.97. The van der Waals surface area contributed by atoms with Gasteiger partial charge in [-0.05, 0) is 31.5 Å². The normalized spacial score (nSPS) is 19.7. The van der Waals surface area contributed by atoms with Crippen molar-refractivity contribution in [3.63, 3.8) is 0 Å². The van der Waals surface area contributed by atoms with Crippen molar-refractivity contribution >= 4 is 11.6 Å². The van der Waals surface area contributed by atoms with Gasteiger partial charge in [-0.3, -0.25) is 4.79 Å². The molecule has 1 aliphatic heterocycles. The minimum absolute atomic E-state index is 0.0584. The molecule has 1 aliphatic rings. The van der Waals surface area contributed by atoms with Crippen LogP contribution in [0.4, 0.5) is 5.69 Å². The largest absolute Gasteiger partial charge is 0.508 e. The van der Waals surface area contributed by atoms with Crippen LogP contribution in [-0.2, 0) is 4.79 Å². The fraction of sp³-hybridized carbons (Fsp3) is 0.417. The summed E-state index contributed by atoms with van der Waals surface area (Å²) in [6.07, 6.45) is 1.94. The average molecular weight is 220 g/mol. The van der Waals surface area contributed by atoms with Crippen LogP contribution in [0.3, 0.4) is 0 Å². The molecule has 0 aromatic heterocycles. The third-order valence-electron chi connectivity index (χ3n) is 2.91. The van der Waals surface area contributed by atoms with Gasteiger partial charge in [0, 0.05) is 18.8 Å². The Kier molecular flexibility index (Phi) is 3.10. The Hall–Kier alpha value is -1.55. The van der Waals surface area contributed by atoms with Crippen LogP contribution in [0.25, 0.3) is 0 Å². The summed E-state index contributed by atoms with van der Waals surface area (Å²) in [5.74, 6) is 0.236. The van der Waals surface area contributed by atoms with Gasteiger partial charge in [0.25, 0.3) is 0 Å².